The summed E-state index contributed by atoms with van der Waals surface area (Å²) >= 11 is 1.92. The summed E-state index contributed by atoms with van der Waals surface area (Å²) in [7, 11) is 0. The highest BCUT2D eigenvalue weighted by atomic mass is 127. The van der Waals surface area contributed by atoms with Gasteiger partial charge in [-0.25, -0.2) is 0 Å². The van der Waals surface area contributed by atoms with E-state index in [9.17, 15) is 0 Å². The van der Waals surface area contributed by atoms with Crippen LogP contribution in [0.15, 0.2) is 4.99 Å². The Morgan fingerprint density at radius 2 is 1.83 bits per heavy atom. The highest BCUT2D eigenvalue weighted by Gasteiger charge is 2.19. The minimum atomic E-state index is 0. The van der Waals surface area contributed by atoms with E-state index in [-0.39, 0.29) is 24.0 Å². The molecule has 1 fully saturated rings. The molecule has 1 saturated heterocycles. The van der Waals surface area contributed by atoms with E-state index in [2.05, 4.69) is 47.5 Å². The number of guanidine groups is 1. The number of nitrogens with one attached hydrogen (secondary N) is 2. The summed E-state index contributed by atoms with van der Waals surface area (Å²) in [5, 5.41) is 6.81. The van der Waals surface area contributed by atoms with E-state index in [4.69, 9.17) is 4.99 Å². The van der Waals surface area contributed by atoms with Gasteiger partial charge in [-0.05, 0) is 45.2 Å². The lowest BCUT2D eigenvalue weighted by atomic mass is 10.2. The summed E-state index contributed by atoms with van der Waals surface area (Å²) in [4.78, 5) is 9.87. The molecule has 1 rings (SSSR count). The van der Waals surface area contributed by atoms with Crippen molar-refractivity contribution in [2.75, 3.05) is 64.4 Å². The monoisotopic (exact) mass is 471 g/mol. The number of nitrogens with zero attached hydrogens (tertiary/aromatic N) is 3. The first kappa shape index (κ1) is 24.3. The van der Waals surface area contributed by atoms with Crippen LogP contribution in [0, 0.1) is 0 Å². The van der Waals surface area contributed by atoms with Crippen LogP contribution in [0.4, 0.5) is 0 Å². The van der Waals surface area contributed by atoms with E-state index in [0.717, 1.165) is 25.6 Å². The SMILES string of the molecule is CCNC(=NCC(C)N1CCN(CC)CC1)NCCCCSC.I. The lowest BCUT2D eigenvalue weighted by molar-refractivity contribution is 0.109. The van der Waals surface area contributed by atoms with Crippen LogP contribution in [0.25, 0.3) is 0 Å². The molecule has 1 unspecified atom stereocenters. The van der Waals surface area contributed by atoms with Gasteiger partial charge in [0.25, 0.3) is 0 Å². The quantitative estimate of drug-likeness (QED) is 0.222. The summed E-state index contributed by atoms with van der Waals surface area (Å²) in [6.07, 6.45) is 4.64. The lowest BCUT2D eigenvalue weighted by Gasteiger charge is -2.37. The van der Waals surface area contributed by atoms with Crippen molar-refractivity contribution in [3.05, 3.63) is 0 Å². The molecule has 5 nitrogen and oxygen atoms in total. The van der Waals surface area contributed by atoms with E-state index >= 15 is 0 Å². The van der Waals surface area contributed by atoms with Crippen LogP contribution >= 0.6 is 35.7 Å². The van der Waals surface area contributed by atoms with Gasteiger partial charge in [0, 0.05) is 45.3 Å². The van der Waals surface area contributed by atoms with Crippen LogP contribution in [0.2, 0.25) is 0 Å². The molecule has 1 atom stereocenters. The van der Waals surface area contributed by atoms with Crippen molar-refractivity contribution in [1.29, 1.82) is 0 Å². The Morgan fingerprint density at radius 3 is 2.42 bits per heavy atom. The third kappa shape index (κ3) is 10.3. The minimum Gasteiger partial charge on any atom is -0.357 e. The van der Waals surface area contributed by atoms with E-state index in [1.165, 1.54) is 51.3 Å². The van der Waals surface area contributed by atoms with Crippen molar-refractivity contribution in [3.8, 4) is 0 Å². The van der Waals surface area contributed by atoms with Crippen molar-refractivity contribution in [2.45, 2.75) is 39.7 Å². The number of piperazine rings is 1. The molecule has 0 radical (unpaired) electrons. The standard InChI is InChI=1S/C17H37N5S.HI/c1-5-18-17(19-9-7-8-14-23-4)20-15-16(3)22-12-10-21(6-2)11-13-22;/h16H,5-15H2,1-4H3,(H2,18,19,20);1H. The van der Waals surface area contributed by atoms with Gasteiger partial charge in [-0.3, -0.25) is 9.89 Å². The molecule has 0 amide bonds. The molecule has 0 aromatic carbocycles. The van der Waals surface area contributed by atoms with Gasteiger partial charge in [0.1, 0.15) is 0 Å². The van der Waals surface area contributed by atoms with Crippen molar-refractivity contribution in [2.24, 2.45) is 4.99 Å². The molecule has 24 heavy (non-hydrogen) atoms. The van der Waals surface area contributed by atoms with Gasteiger partial charge in [-0.1, -0.05) is 6.92 Å². The molecule has 0 aliphatic carbocycles. The number of aliphatic imine (C=N–C) groups is 1. The number of halogens is 1. The Labute approximate surface area is 170 Å². The molecule has 0 bridgehead atoms. The molecule has 7 heteroatoms. The van der Waals surface area contributed by atoms with E-state index in [0.29, 0.717) is 6.04 Å². The van der Waals surface area contributed by atoms with Crippen LogP contribution in [0.3, 0.4) is 0 Å². The second kappa shape index (κ2) is 15.5. The highest BCUT2D eigenvalue weighted by Crippen LogP contribution is 2.06. The Kier molecular flexibility index (Phi) is 15.7. The number of rotatable bonds is 10. The molecule has 2 N–H and O–H groups in total. The summed E-state index contributed by atoms with van der Waals surface area (Å²) in [5.74, 6) is 2.21. The first-order chi connectivity index (χ1) is 11.2. The number of likely N-dealkylation sites (N-methyl/N-ethyl adjacent to an activating group) is 1. The van der Waals surface area contributed by atoms with Crippen molar-refractivity contribution >= 4 is 41.7 Å². The normalized spacial score (nSPS) is 18.1. The maximum Gasteiger partial charge on any atom is 0.191 e. The van der Waals surface area contributed by atoms with Crippen LogP contribution in [-0.2, 0) is 0 Å². The molecule has 0 aromatic rings. The summed E-state index contributed by atoms with van der Waals surface area (Å²) in [6.45, 7) is 15.4. The fourth-order valence-electron chi connectivity index (χ4n) is 2.78. The Bertz CT molecular complexity index is 322. The summed E-state index contributed by atoms with van der Waals surface area (Å²) in [5.41, 5.74) is 0. The van der Waals surface area contributed by atoms with Gasteiger partial charge in [0.2, 0.25) is 0 Å². The van der Waals surface area contributed by atoms with Crippen LogP contribution < -0.4 is 10.6 Å². The van der Waals surface area contributed by atoms with E-state index in [1.807, 2.05) is 11.8 Å². The van der Waals surface area contributed by atoms with Gasteiger partial charge in [0.05, 0.1) is 6.54 Å². The fraction of sp³-hybridized carbons (Fsp3) is 0.941. The molecule has 0 saturated carbocycles. The van der Waals surface area contributed by atoms with Crippen LogP contribution in [-0.4, -0.2) is 86.2 Å². The first-order valence-electron chi connectivity index (χ1n) is 9.18. The zero-order chi connectivity index (χ0) is 16.9. The lowest BCUT2D eigenvalue weighted by Crippen LogP contribution is -2.50. The maximum absolute atomic E-state index is 4.78. The Hall–Kier alpha value is 0.270. The van der Waals surface area contributed by atoms with Crippen LogP contribution in [0.5, 0.6) is 0 Å². The molecular formula is C17H38IN5S. The van der Waals surface area contributed by atoms with Gasteiger partial charge >= 0.3 is 0 Å². The fourth-order valence-corrected chi connectivity index (χ4v) is 3.27. The largest absolute Gasteiger partial charge is 0.357 e. The van der Waals surface area contributed by atoms with E-state index < -0.39 is 0 Å². The molecular weight excluding hydrogens is 433 g/mol. The molecule has 1 aliphatic heterocycles. The van der Waals surface area contributed by atoms with Gasteiger partial charge < -0.3 is 15.5 Å². The molecule has 0 aromatic heterocycles. The average molecular weight is 471 g/mol. The zero-order valence-corrected chi connectivity index (χ0v) is 19.2. The molecule has 144 valence electrons. The highest BCUT2D eigenvalue weighted by molar-refractivity contribution is 14.0. The topological polar surface area (TPSA) is 42.9 Å². The Morgan fingerprint density at radius 1 is 1.12 bits per heavy atom. The number of unbranched alkanes of at least 4 members (excludes halogenated alkanes) is 1. The predicted molar refractivity (Wildman–Crippen MR) is 120 cm³/mol. The minimum absolute atomic E-state index is 0. The maximum atomic E-state index is 4.78. The third-order valence-corrected chi connectivity index (χ3v) is 5.10. The Balaban J connectivity index is 0.00000529. The second-order valence-electron chi connectivity index (χ2n) is 6.17. The van der Waals surface area contributed by atoms with Crippen LogP contribution in [0.1, 0.15) is 33.6 Å². The second-order valence-corrected chi connectivity index (χ2v) is 7.15. The van der Waals surface area contributed by atoms with Gasteiger partial charge in [-0.15, -0.1) is 24.0 Å². The molecule has 1 aliphatic rings. The average Bonchev–Trinajstić information content (AvgIpc) is 2.59. The van der Waals surface area contributed by atoms with E-state index in [1.54, 1.807) is 0 Å². The predicted octanol–water partition coefficient (Wildman–Crippen LogP) is 2.33. The number of hydrogen-bond acceptors (Lipinski definition) is 4. The van der Waals surface area contributed by atoms with Crippen molar-refractivity contribution in [1.82, 2.24) is 20.4 Å². The van der Waals surface area contributed by atoms with Gasteiger partial charge in [0.15, 0.2) is 5.96 Å². The number of hydrogen-bond donors (Lipinski definition) is 2. The summed E-state index contributed by atoms with van der Waals surface area (Å²) < 4.78 is 0. The molecule has 0 spiro atoms. The summed E-state index contributed by atoms with van der Waals surface area (Å²) in [6, 6.07) is 0.515. The number of thioether (sulfide) groups is 1. The first-order valence-corrected chi connectivity index (χ1v) is 10.6. The smallest absolute Gasteiger partial charge is 0.191 e. The van der Waals surface area contributed by atoms with Crippen molar-refractivity contribution < 1.29 is 0 Å². The zero-order valence-electron chi connectivity index (χ0n) is 16.0. The van der Waals surface area contributed by atoms with Gasteiger partial charge in [-0.2, -0.15) is 11.8 Å². The van der Waals surface area contributed by atoms with Crippen molar-refractivity contribution in [3.63, 3.8) is 0 Å². The third-order valence-electron chi connectivity index (χ3n) is 4.40. The molecule has 1 heterocycles.